The maximum atomic E-state index is 14.3. The third-order valence-corrected chi connectivity index (χ3v) is 24.5. The number of halogens is 1. The third kappa shape index (κ3) is 22.1. The molecule has 8 heterocycles. The van der Waals surface area contributed by atoms with Crippen molar-refractivity contribution in [2.24, 2.45) is 11.3 Å². The van der Waals surface area contributed by atoms with Crippen LogP contribution in [0.25, 0.3) is 16.6 Å². The number of nitro benzene ring substituents is 1. The van der Waals surface area contributed by atoms with E-state index in [4.69, 9.17) is 40.0 Å². The number of ether oxygens (including phenoxy) is 6. The number of piperazine rings is 1. The van der Waals surface area contributed by atoms with E-state index in [0.29, 0.717) is 122 Å². The lowest BCUT2D eigenvalue weighted by atomic mass is 9.72. The Balaban J connectivity index is 0.000000366. The second-order valence-electron chi connectivity index (χ2n) is 31.6. The molecule has 6 N–H and O–H groups in total. The van der Waals surface area contributed by atoms with Gasteiger partial charge in [0.05, 0.1) is 103 Å². The molecule has 32 nitrogen and oxygen atoms in total. The number of fused-ring (bicyclic) bond motifs is 3. The summed E-state index contributed by atoms with van der Waals surface area (Å²) in [7, 11) is -4.39. The van der Waals surface area contributed by atoms with Gasteiger partial charge >= 0.3 is 0 Å². The van der Waals surface area contributed by atoms with Crippen molar-refractivity contribution in [3.05, 3.63) is 176 Å². The summed E-state index contributed by atoms with van der Waals surface area (Å²) in [5, 5.41) is 27.8. The minimum absolute atomic E-state index is 0.0412. The van der Waals surface area contributed by atoms with Gasteiger partial charge in [-0.15, -0.1) is 0 Å². The Bertz CT molecular complexity index is 5160. The number of H-pyrrole nitrogens is 1. The monoisotopic (exact) mass is 1700 g/mol. The Hall–Kier alpha value is -10.9. The van der Waals surface area contributed by atoms with E-state index in [2.05, 4.69) is 77.2 Å². The number of sulfone groups is 1. The van der Waals surface area contributed by atoms with Crippen LogP contribution in [0.2, 0.25) is 5.02 Å². The number of pyridine rings is 1. The molecule has 1 aliphatic carbocycles. The number of amides is 8. The molecule has 0 bridgehead atoms. The Morgan fingerprint density at radius 2 is 1.21 bits per heavy atom. The molecule has 4 saturated heterocycles. The molecule has 2 unspecified atom stereocenters. The van der Waals surface area contributed by atoms with Crippen LogP contribution in [-0.2, 0) is 52.7 Å². The number of hydrogen-bond acceptors (Lipinski definition) is 26. The Kier molecular flexibility index (Phi) is 29.5. The van der Waals surface area contributed by atoms with E-state index in [1.165, 1.54) is 35.0 Å². The molecule has 0 spiro atoms. The summed E-state index contributed by atoms with van der Waals surface area (Å²) in [5.74, 6) is -5.27. The van der Waals surface area contributed by atoms with Gasteiger partial charge in [-0.3, -0.25) is 78.6 Å². The summed E-state index contributed by atoms with van der Waals surface area (Å²) >= 11 is 6.28. The molecule has 6 aliphatic heterocycles. The maximum absolute atomic E-state index is 14.3. The van der Waals surface area contributed by atoms with Crippen molar-refractivity contribution in [3.63, 3.8) is 0 Å². The van der Waals surface area contributed by atoms with Crippen LogP contribution in [-0.4, -0.2) is 252 Å². The highest BCUT2D eigenvalue weighted by atomic mass is 35.5. The highest BCUT2D eigenvalue weighted by Gasteiger charge is 2.48. The SMILES string of the molecule is CC1(C)CCC(CN2CCN(c3ccc(C(=O)CS(=O)(=O)c4ccc(NCC5CCN(CCOCCOCCOCCNc6cccc7c6C(=O)N(C6CCC(=O)NC6=O)C7=O)CC5)c([N+](=O)[O-])c4)c(Oc4cnc5[nH]ccc5c4)c3)CC2)=C(c2ccc(Cl)cc2)C1.CCCOCCOCCNc1cccc2c1C(=O)N(C1CCC(=O)NC1=O)C2=O. The molecule has 0 radical (unpaired) electrons. The van der Waals surface area contributed by atoms with Crippen LogP contribution < -0.4 is 36.2 Å². The van der Waals surface area contributed by atoms with Gasteiger partial charge in [0.1, 0.15) is 40.7 Å². The average molecular weight is 1700 g/mol. The van der Waals surface area contributed by atoms with Crippen LogP contribution in [0.1, 0.15) is 142 Å². The van der Waals surface area contributed by atoms with Crippen molar-refractivity contribution in [1.82, 2.24) is 40.2 Å². The minimum Gasteiger partial charge on any atom is -0.455 e. The van der Waals surface area contributed by atoms with E-state index in [0.717, 1.165) is 110 Å². The molecule has 34 heteroatoms. The number of ketones is 1. The number of aromatic nitrogens is 2. The van der Waals surface area contributed by atoms with Gasteiger partial charge in [0, 0.05) is 124 Å². The first-order chi connectivity index (χ1) is 58.4. The molecular formula is C87H102ClN13O19S. The standard InChI is InChI=1S/C67H77ClN10O13S.C20H25N3O6/c1-67(2)20-16-47(54(39-67)45-6-8-48(68)9-7-45)42-75-25-27-76(28-26-75)49-10-12-52(60(37-49)91-50-36-46-17-21-70-63(46)72-41-50)59(79)43-92(86,87)51-11-13-55(58(38-51)78(84)85)71-40-44-18-23-74(24-19-44)29-31-89-33-35-90-34-32-88-30-22-69-56-5-3-4-53-62(56)66(83)77(65(53)82)57-14-15-61(80)73-64(57)81;1-2-9-28-11-12-29-10-8-21-14-5-3-4-13-17(14)20(27)23(19(13)26)15-6-7-16(24)22-18(15)25/h3-13,17,21,36-38,41,44,57,69,71H,14-16,18-20,22-35,39-40,42-43H2,1-2H3,(H,70,72)(H,73,80,81);3-5,15,21H,2,6-12H2,1H3,(H,22,24,25). The van der Waals surface area contributed by atoms with Gasteiger partial charge in [0.25, 0.3) is 29.3 Å². The average Bonchev–Trinajstić information content (AvgIpc) is 1.60. The largest absolute Gasteiger partial charge is 0.455 e. The molecule has 7 aliphatic rings. The van der Waals surface area contributed by atoms with Crippen LogP contribution in [0.4, 0.5) is 28.4 Å². The number of nitrogens with one attached hydrogen (secondary N) is 6. The summed E-state index contributed by atoms with van der Waals surface area (Å²) in [6, 6.07) is 28.5. The molecule has 5 aromatic carbocycles. The molecule has 642 valence electrons. The topological polar surface area (TPSA) is 391 Å². The predicted molar refractivity (Wildman–Crippen MR) is 452 cm³/mol. The first-order valence-electron chi connectivity index (χ1n) is 41.2. The van der Waals surface area contributed by atoms with Crippen molar-refractivity contribution in [2.45, 2.75) is 102 Å². The number of carbonyl (C=O) groups is 9. The number of imide groups is 4. The first kappa shape index (κ1) is 87.9. The molecule has 2 atom stereocenters. The fraction of sp³-hybridized carbons (Fsp3) is 0.448. The molecular weight excluding hydrogens is 1600 g/mol. The molecule has 121 heavy (non-hydrogen) atoms. The predicted octanol–water partition coefficient (Wildman–Crippen LogP) is 9.99. The molecule has 0 saturated carbocycles. The van der Waals surface area contributed by atoms with Gasteiger partial charge in [0.15, 0.2) is 15.6 Å². The van der Waals surface area contributed by atoms with Crippen LogP contribution >= 0.6 is 11.6 Å². The lowest BCUT2D eigenvalue weighted by Gasteiger charge is -2.39. The number of nitro groups is 1. The number of Topliss-reactive ketones (excluding diaryl/α,β-unsaturated/α-hetero) is 1. The quantitative estimate of drug-likeness (QED) is 0.00688. The van der Waals surface area contributed by atoms with Gasteiger partial charge in [-0.2, -0.15) is 0 Å². The summed E-state index contributed by atoms with van der Waals surface area (Å²) in [6.07, 6.45) is 9.44. The summed E-state index contributed by atoms with van der Waals surface area (Å²) in [6.45, 7) is 18.6. The number of likely N-dealkylation sites (tertiary alicyclic amines) is 1. The van der Waals surface area contributed by atoms with E-state index in [-0.39, 0.29) is 81.2 Å². The van der Waals surface area contributed by atoms with Crippen LogP contribution in [0.15, 0.2) is 132 Å². The zero-order chi connectivity index (χ0) is 85.3. The molecule has 14 rings (SSSR count). The number of piperidine rings is 3. The second kappa shape index (κ2) is 40.7. The third-order valence-electron chi connectivity index (χ3n) is 22.6. The second-order valence-corrected chi connectivity index (χ2v) is 34.0. The fourth-order valence-electron chi connectivity index (χ4n) is 16.1. The smallest absolute Gasteiger partial charge is 0.293 e. The summed E-state index contributed by atoms with van der Waals surface area (Å²) in [5.41, 5.74) is 7.42. The lowest BCUT2D eigenvalue weighted by molar-refractivity contribution is -0.384. The highest BCUT2D eigenvalue weighted by molar-refractivity contribution is 7.92. The number of aromatic amines is 1. The lowest BCUT2D eigenvalue weighted by Crippen LogP contribution is -2.54. The van der Waals surface area contributed by atoms with Crippen LogP contribution in [0.5, 0.6) is 11.5 Å². The van der Waals surface area contributed by atoms with E-state index in [1.54, 1.807) is 60.8 Å². The molecule has 7 aromatic rings. The van der Waals surface area contributed by atoms with E-state index < -0.39 is 91.3 Å². The first-order valence-corrected chi connectivity index (χ1v) is 43.2. The van der Waals surface area contributed by atoms with Crippen molar-refractivity contribution in [1.29, 1.82) is 0 Å². The normalized spacial score (nSPS) is 18.5. The number of rotatable bonds is 38. The van der Waals surface area contributed by atoms with Gasteiger partial charge < -0.3 is 59.2 Å². The molecule has 4 fully saturated rings. The fourth-order valence-corrected chi connectivity index (χ4v) is 17.4. The van der Waals surface area contributed by atoms with Gasteiger partial charge in [-0.25, -0.2) is 13.4 Å². The maximum Gasteiger partial charge on any atom is 0.293 e. The Morgan fingerprint density at radius 3 is 1.80 bits per heavy atom. The van der Waals surface area contributed by atoms with Crippen LogP contribution in [0.3, 0.4) is 0 Å². The minimum atomic E-state index is -4.39. The number of carbonyl (C=O) groups excluding carboxylic acids is 9. The number of allylic oxidation sites excluding steroid dienone is 1. The van der Waals surface area contributed by atoms with E-state index in [9.17, 15) is 61.7 Å². The number of anilines is 4. The summed E-state index contributed by atoms with van der Waals surface area (Å²) in [4.78, 5) is 142. The molecule has 2 aromatic heterocycles. The van der Waals surface area contributed by atoms with Gasteiger partial charge in [-0.05, 0) is 160 Å². The highest BCUT2D eigenvalue weighted by Crippen LogP contribution is 2.44. The van der Waals surface area contributed by atoms with Gasteiger partial charge in [-0.1, -0.05) is 62.2 Å². The molecule has 8 amide bonds. The Labute approximate surface area is 706 Å². The number of hydrogen-bond donors (Lipinski definition) is 6. The van der Waals surface area contributed by atoms with Crippen molar-refractivity contribution < 1.29 is 84.9 Å². The zero-order valence-electron chi connectivity index (χ0n) is 68.1. The number of nitrogens with zero attached hydrogens (tertiary/aromatic N) is 7. The Morgan fingerprint density at radius 1 is 0.628 bits per heavy atom. The summed E-state index contributed by atoms with van der Waals surface area (Å²) < 4.78 is 62.5. The number of benzene rings is 5. The van der Waals surface area contributed by atoms with Crippen molar-refractivity contribution in [3.8, 4) is 11.5 Å². The van der Waals surface area contributed by atoms with E-state index in [1.807, 2.05) is 31.2 Å². The van der Waals surface area contributed by atoms with Crippen molar-refractivity contribution >= 4 is 120 Å². The van der Waals surface area contributed by atoms with Crippen LogP contribution in [0, 0.1) is 21.4 Å². The zero-order valence-corrected chi connectivity index (χ0v) is 69.7. The van der Waals surface area contributed by atoms with Crippen molar-refractivity contribution in [2.75, 3.05) is 165 Å². The van der Waals surface area contributed by atoms with E-state index >= 15 is 0 Å². The van der Waals surface area contributed by atoms with Gasteiger partial charge in [0.2, 0.25) is 23.6 Å².